The van der Waals surface area contributed by atoms with Gasteiger partial charge in [-0.2, -0.15) is 5.10 Å². The van der Waals surface area contributed by atoms with Crippen molar-refractivity contribution in [2.45, 2.75) is 4.90 Å². The fraction of sp³-hybridized carbons (Fsp3) is 0.0909. The number of benzene rings is 3. The Morgan fingerprint density at radius 2 is 1.84 bits per heavy atom. The maximum absolute atomic E-state index is 11.8. The number of nitrogens with one attached hydrogen (secondary N) is 2. The Morgan fingerprint density at radius 1 is 1.00 bits per heavy atom. The number of phenolic OH excluding ortho intramolecular Hbond substituents is 1. The van der Waals surface area contributed by atoms with Crippen LogP contribution < -0.4 is 4.74 Å². The third kappa shape index (κ3) is 3.28. The maximum atomic E-state index is 11.8. The van der Waals surface area contributed by atoms with Crippen LogP contribution in [0.3, 0.4) is 0 Å². The summed E-state index contributed by atoms with van der Waals surface area (Å²) in [5.41, 5.74) is 4.47. The van der Waals surface area contributed by atoms with Crippen molar-refractivity contribution in [2.75, 3.05) is 13.4 Å². The molecular formula is C22H18N4O4S. The monoisotopic (exact) mass is 434 g/mol. The molecule has 0 bridgehead atoms. The van der Waals surface area contributed by atoms with Crippen LogP contribution in [0.25, 0.3) is 44.6 Å². The van der Waals surface area contributed by atoms with E-state index in [0.29, 0.717) is 28.3 Å². The first-order chi connectivity index (χ1) is 14.8. The number of hydrogen-bond donors (Lipinski definition) is 3. The Kier molecular flexibility index (Phi) is 4.23. The lowest BCUT2D eigenvalue weighted by molar-refractivity contribution is 0.409. The van der Waals surface area contributed by atoms with Gasteiger partial charge in [-0.25, -0.2) is 13.4 Å². The van der Waals surface area contributed by atoms with Crippen LogP contribution in [-0.2, 0) is 9.84 Å². The van der Waals surface area contributed by atoms with Crippen LogP contribution in [0, 0.1) is 0 Å². The first kappa shape index (κ1) is 19.1. The van der Waals surface area contributed by atoms with Crippen molar-refractivity contribution in [2.24, 2.45) is 0 Å². The Labute approximate surface area is 177 Å². The molecule has 0 amide bonds. The minimum atomic E-state index is -3.31. The van der Waals surface area contributed by atoms with E-state index in [-0.39, 0.29) is 10.6 Å². The number of hydrogen-bond acceptors (Lipinski definition) is 6. The van der Waals surface area contributed by atoms with Crippen molar-refractivity contribution in [3.63, 3.8) is 0 Å². The molecule has 8 nitrogen and oxygen atoms in total. The van der Waals surface area contributed by atoms with Gasteiger partial charge in [0, 0.05) is 23.3 Å². The fourth-order valence-corrected chi connectivity index (χ4v) is 4.26. The molecule has 0 saturated heterocycles. The summed E-state index contributed by atoms with van der Waals surface area (Å²) in [6.07, 6.45) is 1.17. The van der Waals surface area contributed by atoms with E-state index in [0.717, 1.165) is 22.0 Å². The molecule has 5 rings (SSSR count). The number of H-pyrrole nitrogens is 2. The van der Waals surface area contributed by atoms with Crippen molar-refractivity contribution in [3.05, 3.63) is 54.6 Å². The molecule has 2 aromatic heterocycles. The highest BCUT2D eigenvalue weighted by atomic mass is 32.2. The van der Waals surface area contributed by atoms with Crippen LogP contribution in [0.5, 0.6) is 11.5 Å². The molecule has 0 aliphatic carbocycles. The minimum absolute atomic E-state index is 0.134. The van der Waals surface area contributed by atoms with E-state index in [9.17, 15) is 13.5 Å². The summed E-state index contributed by atoms with van der Waals surface area (Å²) in [5, 5.41) is 18.0. The number of rotatable bonds is 4. The summed E-state index contributed by atoms with van der Waals surface area (Å²) in [5.74, 6) is 1.24. The first-order valence-electron chi connectivity index (χ1n) is 9.39. The van der Waals surface area contributed by atoms with Gasteiger partial charge in [0.05, 0.1) is 28.6 Å². The topological polar surface area (TPSA) is 121 Å². The molecule has 31 heavy (non-hydrogen) atoms. The molecule has 2 heterocycles. The zero-order valence-electron chi connectivity index (χ0n) is 16.7. The predicted molar refractivity (Wildman–Crippen MR) is 118 cm³/mol. The summed E-state index contributed by atoms with van der Waals surface area (Å²) in [6, 6.07) is 15.6. The Hall–Kier alpha value is -3.85. The van der Waals surface area contributed by atoms with Gasteiger partial charge < -0.3 is 14.8 Å². The van der Waals surface area contributed by atoms with Crippen LogP contribution in [0.15, 0.2) is 59.5 Å². The standard InChI is InChI=1S/C22H18N4O4S/c1-30-20-10-13(27)4-7-15(20)12-3-6-16-18(9-12)25-26-21(16)22-23-17-8-5-14(31(2,28)29)11-19(17)24-22/h3-11,27H,1-2H3,(H,23,24)(H,25,26). The Morgan fingerprint density at radius 3 is 2.61 bits per heavy atom. The van der Waals surface area contributed by atoms with Gasteiger partial charge in [0.25, 0.3) is 0 Å². The van der Waals surface area contributed by atoms with Crippen molar-refractivity contribution in [1.82, 2.24) is 20.2 Å². The van der Waals surface area contributed by atoms with Gasteiger partial charge in [-0.05, 0) is 48.0 Å². The molecular weight excluding hydrogens is 416 g/mol. The van der Waals surface area contributed by atoms with Gasteiger partial charge in [0.15, 0.2) is 15.7 Å². The fourth-order valence-electron chi connectivity index (χ4n) is 3.62. The molecule has 0 aliphatic heterocycles. The van der Waals surface area contributed by atoms with Crippen LogP contribution in [0.4, 0.5) is 0 Å². The molecule has 156 valence electrons. The zero-order chi connectivity index (χ0) is 21.8. The van der Waals surface area contributed by atoms with Gasteiger partial charge in [0.1, 0.15) is 17.2 Å². The summed E-state index contributed by atoms with van der Waals surface area (Å²) in [4.78, 5) is 7.96. The van der Waals surface area contributed by atoms with Gasteiger partial charge in [-0.3, -0.25) is 5.10 Å². The second kappa shape index (κ2) is 6.85. The lowest BCUT2D eigenvalue weighted by atomic mass is 10.0. The number of nitrogens with zero attached hydrogens (tertiary/aromatic N) is 2. The van der Waals surface area contributed by atoms with Gasteiger partial charge in [-0.1, -0.05) is 6.07 Å². The minimum Gasteiger partial charge on any atom is -0.508 e. The summed E-state index contributed by atoms with van der Waals surface area (Å²) in [7, 11) is -1.75. The molecule has 0 aliphatic rings. The molecule has 3 N–H and O–H groups in total. The van der Waals surface area contributed by atoms with Gasteiger partial charge in [-0.15, -0.1) is 0 Å². The second-order valence-corrected chi connectivity index (χ2v) is 9.27. The zero-order valence-corrected chi connectivity index (χ0v) is 17.5. The molecule has 9 heteroatoms. The smallest absolute Gasteiger partial charge is 0.175 e. The predicted octanol–water partition coefficient (Wildman–Crippen LogP) is 3.89. The molecule has 0 fully saturated rings. The quantitative estimate of drug-likeness (QED) is 0.395. The number of phenols is 1. The van der Waals surface area contributed by atoms with E-state index in [1.807, 2.05) is 18.2 Å². The number of aromatic amines is 2. The molecule has 3 aromatic carbocycles. The largest absolute Gasteiger partial charge is 0.508 e. The van der Waals surface area contributed by atoms with E-state index in [1.165, 1.54) is 6.26 Å². The number of fused-ring (bicyclic) bond motifs is 2. The van der Waals surface area contributed by atoms with E-state index in [2.05, 4.69) is 20.2 Å². The van der Waals surface area contributed by atoms with Crippen LogP contribution >= 0.6 is 0 Å². The molecule has 0 unspecified atom stereocenters. The highest BCUT2D eigenvalue weighted by molar-refractivity contribution is 7.90. The third-order valence-electron chi connectivity index (χ3n) is 5.16. The lowest BCUT2D eigenvalue weighted by Crippen LogP contribution is -1.96. The van der Waals surface area contributed by atoms with Crippen LogP contribution in [-0.4, -0.2) is 47.1 Å². The van der Waals surface area contributed by atoms with Crippen LogP contribution in [0.1, 0.15) is 0 Å². The molecule has 5 aromatic rings. The number of aromatic hydroxyl groups is 1. The average molecular weight is 434 g/mol. The summed E-state index contributed by atoms with van der Waals surface area (Å²) >= 11 is 0. The van der Waals surface area contributed by atoms with Crippen molar-refractivity contribution < 1.29 is 18.3 Å². The molecule has 0 saturated carbocycles. The van der Waals surface area contributed by atoms with E-state index >= 15 is 0 Å². The molecule has 0 spiro atoms. The number of methoxy groups -OCH3 is 1. The number of sulfone groups is 1. The third-order valence-corrected chi connectivity index (χ3v) is 6.27. The normalized spacial score (nSPS) is 11.9. The average Bonchev–Trinajstić information content (AvgIpc) is 3.35. The maximum Gasteiger partial charge on any atom is 0.175 e. The second-order valence-electron chi connectivity index (χ2n) is 7.25. The summed E-state index contributed by atoms with van der Waals surface area (Å²) < 4.78 is 29.0. The van der Waals surface area contributed by atoms with Crippen LogP contribution in [0.2, 0.25) is 0 Å². The Balaban J connectivity index is 1.59. The van der Waals surface area contributed by atoms with E-state index < -0.39 is 9.84 Å². The SMILES string of the molecule is COc1cc(O)ccc1-c1ccc2c(-c3nc4ccc(S(C)(=O)=O)cc4[nH]3)n[nH]c2c1. The van der Waals surface area contributed by atoms with Crippen molar-refractivity contribution in [1.29, 1.82) is 0 Å². The highest BCUT2D eigenvalue weighted by Gasteiger charge is 2.16. The highest BCUT2D eigenvalue weighted by Crippen LogP contribution is 2.35. The van der Waals surface area contributed by atoms with Gasteiger partial charge >= 0.3 is 0 Å². The molecule has 0 radical (unpaired) electrons. The number of imidazole rings is 1. The Bertz CT molecular complexity index is 1570. The molecule has 0 atom stereocenters. The van der Waals surface area contributed by atoms with Crippen molar-refractivity contribution in [3.8, 4) is 34.1 Å². The van der Waals surface area contributed by atoms with E-state index in [4.69, 9.17) is 4.74 Å². The summed E-state index contributed by atoms with van der Waals surface area (Å²) in [6.45, 7) is 0. The van der Waals surface area contributed by atoms with Crippen molar-refractivity contribution >= 4 is 31.8 Å². The number of ether oxygens (including phenoxy) is 1. The number of aromatic nitrogens is 4. The lowest BCUT2D eigenvalue weighted by Gasteiger charge is -2.09. The van der Waals surface area contributed by atoms with Gasteiger partial charge in [0.2, 0.25) is 0 Å². The van der Waals surface area contributed by atoms with E-state index in [1.54, 1.807) is 43.5 Å². The first-order valence-corrected chi connectivity index (χ1v) is 11.3.